The van der Waals surface area contributed by atoms with Crippen LogP contribution in [-0.4, -0.2) is 32.3 Å². The molecule has 1 aliphatic carbocycles. The van der Waals surface area contributed by atoms with Gasteiger partial charge in [-0.15, -0.1) is 0 Å². The van der Waals surface area contributed by atoms with Gasteiger partial charge >= 0.3 is 0 Å². The molecular weight excluding hydrogens is 276 g/mol. The summed E-state index contributed by atoms with van der Waals surface area (Å²) in [5, 5.41) is 2.85. The lowest BCUT2D eigenvalue weighted by Gasteiger charge is -2.18. The summed E-state index contributed by atoms with van der Waals surface area (Å²) in [6.07, 6.45) is 5.44. The number of furan rings is 1. The lowest BCUT2D eigenvalue weighted by atomic mass is 10.2. The van der Waals surface area contributed by atoms with Crippen molar-refractivity contribution in [3.63, 3.8) is 0 Å². The van der Waals surface area contributed by atoms with Crippen molar-refractivity contribution in [2.75, 3.05) is 6.54 Å². The highest BCUT2D eigenvalue weighted by molar-refractivity contribution is 7.90. The van der Waals surface area contributed by atoms with Gasteiger partial charge in [0.15, 0.2) is 0 Å². The van der Waals surface area contributed by atoms with Gasteiger partial charge in [0.2, 0.25) is 10.0 Å². The van der Waals surface area contributed by atoms with E-state index in [2.05, 4.69) is 10.0 Å². The molecule has 1 aromatic heterocycles. The largest absolute Gasteiger partial charge is 0.469 e. The van der Waals surface area contributed by atoms with Crippen LogP contribution in [0.3, 0.4) is 0 Å². The molecule has 2 atom stereocenters. The Morgan fingerprint density at radius 3 is 2.75 bits per heavy atom. The van der Waals surface area contributed by atoms with Crippen LogP contribution < -0.4 is 10.0 Å². The lowest BCUT2D eigenvalue weighted by Crippen LogP contribution is -2.43. The standard InChI is InChI=1S/C14H24N2O3S/c1-11(5-8-14-4-3-9-19-14)16-20(17,18)12(2)10-15-13-6-7-13/h3-4,9,11-13,15-16H,5-8,10H2,1-2H3. The fourth-order valence-electron chi connectivity index (χ4n) is 2.00. The number of sulfonamides is 1. The fraction of sp³-hybridized carbons (Fsp3) is 0.714. The van der Waals surface area contributed by atoms with Crippen molar-refractivity contribution in [1.82, 2.24) is 10.0 Å². The van der Waals surface area contributed by atoms with Crippen LogP contribution >= 0.6 is 0 Å². The fourth-order valence-corrected chi connectivity index (χ4v) is 3.23. The first-order valence-corrected chi connectivity index (χ1v) is 8.79. The molecule has 2 rings (SSSR count). The van der Waals surface area contributed by atoms with Crippen LogP contribution in [0.15, 0.2) is 22.8 Å². The predicted molar refractivity (Wildman–Crippen MR) is 79.0 cm³/mol. The minimum atomic E-state index is -3.26. The molecule has 0 amide bonds. The molecule has 2 N–H and O–H groups in total. The third-order valence-corrected chi connectivity index (χ3v) is 5.53. The molecular formula is C14H24N2O3S. The van der Waals surface area contributed by atoms with Gasteiger partial charge < -0.3 is 9.73 Å². The van der Waals surface area contributed by atoms with Crippen LogP contribution in [0.25, 0.3) is 0 Å². The predicted octanol–water partition coefficient (Wildman–Crippen LogP) is 1.66. The minimum absolute atomic E-state index is 0.0894. The summed E-state index contributed by atoms with van der Waals surface area (Å²) in [4.78, 5) is 0. The SMILES string of the molecule is CC(CCc1ccco1)NS(=O)(=O)C(C)CNC1CC1. The molecule has 1 saturated carbocycles. The molecule has 0 aromatic carbocycles. The second kappa shape index (κ2) is 6.74. The van der Waals surface area contributed by atoms with Crippen molar-refractivity contribution < 1.29 is 12.8 Å². The minimum Gasteiger partial charge on any atom is -0.469 e. The highest BCUT2D eigenvalue weighted by Crippen LogP contribution is 2.18. The topological polar surface area (TPSA) is 71.3 Å². The molecule has 0 spiro atoms. The molecule has 114 valence electrons. The highest BCUT2D eigenvalue weighted by atomic mass is 32.2. The van der Waals surface area contributed by atoms with E-state index in [1.165, 1.54) is 12.8 Å². The van der Waals surface area contributed by atoms with Crippen molar-refractivity contribution in [3.05, 3.63) is 24.2 Å². The molecule has 1 fully saturated rings. The summed E-state index contributed by atoms with van der Waals surface area (Å²) in [7, 11) is -3.26. The molecule has 1 aromatic rings. The van der Waals surface area contributed by atoms with Crippen molar-refractivity contribution in [2.45, 2.75) is 56.9 Å². The summed E-state index contributed by atoms with van der Waals surface area (Å²) in [6, 6.07) is 4.19. The Hall–Kier alpha value is -0.850. The maximum atomic E-state index is 12.2. The van der Waals surface area contributed by atoms with E-state index in [0.717, 1.165) is 18.6 Å². The van der Waals surface area contributed by atoms with Crippen LogP contribution in [0.1, 0.15) is 38.9 Å². The Kier molecular flexibility index (Phi) is 5.23. The zero-order chi connectivity index (χ0) is 14.6. The average Bonchev–Trinajstić information content (AvgIpc) is 3.07. The highest BCUT2D eigenvalue weighted by Gasteiger charge is 2.26. The Labute approximate surface area is 121 Å². The van der Waals surface area contributed by atoms with Gasteiger partial charge in [0.05, 0.1) is 11.5 Å². The van der Waals surface area contributed by atoms with Gasteiger partial charge in [-0.3, -0.25) is 0 Å². The zero-order valence-electron chi connectivity index (χ0n) is 12.1. The van der Waals surface area contributed by atoms with Crippen LogP contribution in [0.4, 0.5) is 0 Å². The maximum Gasteiger partial charge on any atom is 0.215 e. The third kappa shape index (κ3) is 4.92. The molecule has 1 aliphatic rings. The summed E-state index contributed by atoms with van der Waals surface area (Å²) in [5.74, 6) is 0.888. The van der Waals surface area contributed by atoms with E-state index in [0.29, 0.717) is 12.6 Å². The van der Waals surface area contributed by atoms with Crippen molar-refractivity contribution in [2.24, 2.45) is 0 Å². The van der Waals surface area contributed by atoms with E-state index in [9.17, 15) is 8.42 Å². The average molecular weight is 300 g/mol. The molecule has 2 unspecified atom stereocenters. The number of hydrogen-bond acceptors (Lipinski definition) is 4. The Bertz CT molecular complexity index is 494. The molecule has 1 heterocycles. The molecule has 6 heteroatoms. The van der Waals surface area contributed by atoms with E-state index in [4.69, 9.17) is 4.42 Å². The third-order valence-electron chi connectivity index (χ3n) is 3.57. The van der Waals surface area contributed by atoms with E-state index in [-0.39, 0.29) is 6.04 Å². The van der Waals surface area contributed by atoms with Crippen LogP contribution in [0.2, 0.25) is 0 Å². The van der Waals surface area contributed by atoms with Gasteiger partial charge in [0.1, 0.15) is 5.76 Å². The first-order chi connectivity index (χ1) is 9.47. The van der Waals surface area contributed by atoms with Gasteiger partial charge in [-0.1, -0.05) is 0 Å². The first kappa shape index (κ1) is 15.5. The zero-order valence-corrected chi connectivity index (χ0v) is 12.9. The first-order valence-electron chi connectivity index (χ1n) is 7.24. The van der Waals surface area contributed by atoms with E-state index in [1.807, 2.05) is 19.1 Å². The molecule has 0 saturated heterocycles. The van der Waals surface area contributed by atoms with Crippen LogP contribution in [0, 0.1) is 0 Å². The second-order valence-corrected chi connectivity index (χ2v) is 7.81. The molecule has 5 nitrogen and oxygen atoms in total. The Balaban J connectivity index is 1.73. The Morgan fingerprint density at radius 1 is 1.40 bits per heavy atom. The Morgan fingerprint density at radius 2 is 2.15 bits per heavy atom. The normalized spacial score (nSPS) is 18.9. The summed E-state index contributed by atoms with van der Waals surface area (Å²) >= 11 is 0. The van der Waals surface area contributed by atoms with Crippen molar-refractivity contribution in [1.29, 1.82) is 0 Å². The maximum absolute atomic E-state index is 12.2. The van der Waals surface area contributed by atoms with Gasteiger partial charge in [-0.25, -0.2) is 13.1 Å². The smallest absolute Gasteiger partial charge is 0.215 e. The van der Waals surface area contributed by atoms with Gasteiger partial charge in [0.25, 0.3) is 0 Å². The number of nitrogens with one attached hydrogen (secondary N) is 2. The van der Waals surface area contributed by atoms with E-state index >= 15 is 0 Å². The van der Waals surface area contributed by atoms with Crippen molar-refractivity contribution in [3.8, 4) is 0 Å². The van der Waals surface area contributed by atoms with Gasteiger partial charge in [0, 0.05) is 25.0 Å². The number of aryl methyl sites for hydroxylation is 1. The number of hydrogen-bond donors (Lipinski definition) is 2. The van der Waals surface area contributed by atoms with Crippen LogP contribution in [0.5, 0.6) is 0 Å². The summed E-state index contributed by atoms with van der Waals surface area (Å²) in [5.41, 5.74) is 0. The van der Waals surface area contributed by atoms with Crippen molar-refractivity contribution >= 4 is 10.0 Å². The summed E-state index contributed by atoms with van der Waals surface area (Å²) < 4.78 is 32.3. The van der Waals surface area contributed by atoms with E-state index < -0.39 is 15.3 Å². The quantitative estimate of drug-likeness (QED) is 0.727. The van der Waals surface area contributed by atoms with E-state index in [1.54, 1.807) is 13.2 Å². The molecule has 20 heavy (non-hydrogen) atoms. The molecule has 0 radical (unpaired) electrons. The second-order valence-electron chi connectivity index (χ2n) is 5.68. The summed E-state index contributed by atoms with van der Waals surface area (Å²) in [6.45, 7) is 4.16. The van der Waals surface area contributed by atoms with Gasteiger partial charge in [-0.2, -0.15) is 0 Å². The van der Waals surface area contributed by atoms with Crippen LogP contribution in [-0.2, 0) is 16.4 Å². The number of rotatable bonds is 9. The molecule has 0 aliphatic heterocycles. The molecule has 0 bridgehead atoms. The lowest BCUT2D eigenvalue weighted by molar-refractivity contribution is 0.478. The monoisotopic (exact) mass is 300 g/mol. The van der Waals surface area contributed by atoms with Gasteiger partial charge in [-0.05, 0) is 45.2 Å².